The van der Waals surface area contributed by atoms with Crippen molar-refractivity contribution in [2.75, 3.05) is 26.7 Å². The van der Waals surface area contributed by atoms with Crippen molar-refractivity contribution in [1.29, 1.82) is 0 Å². The van der Waals surface area contributed by atoms with Crippen LogP contribution < -0.4 is 5.32 Å². The molecule has 118 valence electrons. The van der Waals surface area contributed by atoms with Crippen LogP contribution in [-0.4, -0.2) is 54.7 Å². The van der Waals surface area contributed by atoms with Gasteiger partial charge in [-0.15, -0.1) is 0 Å². The fraction of sp³-hybridized carbons (Fsp3) is 0.438. The Morgan fingerprint density at radius 1 is 1.45 bits per heavy atom. The van der Waals surface area contributed by atoms with Gasteiger partial charge in [-0.05, 0) is 30.8 Å². The van der Waals surface area contributed by atoms with Gasteiger partial charge >= 0.3 is 0 Å². The molecule has 2 N–H and O–H groups in total. The van der Waals surface area contributed by atoms with E-state index in [1.807, 2.05) is 18.2 Å². The highest BCUT2D eigenvalue weighted by molar-refractivity contribution is 6.31. The highest BCUT2D eigenvalue weighted by Gasteiger charge is 2.33. The van der Waals surface area contributed by atoms with Crippen LogP contribution in [0.3, 0.4) is 0 Å². The third kappa shape index (κ3) is 2.97. The molecule has 1 saturated heterocycles. The van der Waals surface area contributed by atoms with E-state index < -0.39 is 0 Å². The second-order valence-corrected chi connectivity index (χ2v) is 6.06. The first-order valence-corrected chi connectivity index (χ1v) is 7.82. The lowest BCUT2D eigenvalue weighted by Crippen LogP contribution is -2.43. The van der Waals surface area contributed by atoms with Gasteiger partial charge in [0, 0.05) is 36.1 Å². The van der Waals surface area contributed by atoms with Crippen molar-refractivity contribution >= 4 is 28.4 Å². The molecule has 1 amide bonds. The number of nitrogens with one attached hydrogen (secondary N) is 2. The van der Waals surface area contributed by atoms with Crippen molar-refractivity contribution in [3.63, 3.8) is 0 Å². The highest BCUT2D eigenvalue weighted by atomic mass is 35.5. The summed E-state index contributed by atoms with van der Waals surface area (Å²) >= 11 is 5.98. The van der Waals surface area contributed by atoms with Gasteiger partial charge in [0.25, 0.3) is 5.91 Å². The zero-order valence-corrected chi connectivity index (χ0v) is 13.5. The first kappa shape index (κ1) is 15.3. The molecule has 1 fully saturated rings. The summed E-state index contributed by atoms with van der Waals surface area (Å²) in [6.07, 6.45) is 0.0303. The van der Waals surface area contributed by atoms with Gasteiger partial charge in [-0.1, -0.05) is 18.5 Å². The van der Waals surface area contributed by atoms with Crippen molar-refractivity contribution in [2.45, 2.75) is 19.1 Å². The molecular weight excluding hydrogens is 302 g/mol. The predicted octanol–water partition coefficient (Wildman–Crippen LogP) is 2.27. The topological polar surface area (TPSA) is 57.4 Å². The number of nitrogens with zero attached hydrogens (tertiary/aromatic N) is 1. The molecule has 1 aromatic carbocycles. The number of hydrogen-bond acceptors (Lipinski definition) is 3. The molecular formula is C16H20ClN3O2. The minimum atomic E-state index is -0.114. The van der Waals surface area contributed by atoms with Crippen LogP contribution in [0, 0.1) is 0 Å². The van der Waals surface area contributed by atoms with Crippen LogP contribution in [0.5, 0.6) is 0 Å². The van der Waals surface area contributed by atoms with Crippen LogP contribution in [0.2, 0.25) is 5.02 Å². The molecule has 0 saturated carbocycles. The molecule has 0 spiro atoms. The molecule has 0 unspecified atom stereocenters. The van der Waals surface area contributed by atoms with E-state index in [2.05, 4.69) is 22.1 Å². The number of likely N-dealkylation sites (N-methyl/N-ethyl adjacent to an activating group) is 1. The Bertz CT molecular complexity index is 685. The van der Waals surface area contributed by atoms with Gasteiger partial charge < -0.3 is 15.0 Å². The number of carbonyl (C=O) groups is 1. The number of aromatic amines is 1. The number of fused-ring (bicyclic) bond motifs is 1. The molecule has 0 bridgehead atoms. The van der Waals surface area contributed by atoms with E-state index >= 15 is 0 Å². The summed E-state index contributed by atoms with van der Waals surface area (Å²) in [4.78, 5) is 17.9. The van der Waals surface area contributed by atoms with E-state index in [1.54, 1.807) is 13.2 Å². The standard InChI is InChI=1S/C16H20ClN3O2/c1-3-20-8-14(15(9-20)22-2)19-16(21)13-7-10-6-11(17)4-5-12(10)18-13/h4-7,14-15,18H,3,8-9H2,1-2H3,(H,19,21)/t14-,15-/m1/s1. The fourth-order valence-corrected chi connectivity index (χ4v) is 3.14. The van der Waals surface area contributed by atoms with Crippen LogP contribution in [0.25, 0.3) is 10.9 Å². The fourth-order valence-electron chi connectivity index (χ4n) is 2.96. The summed E-state index contributed by atoms with van der Waals surface area (Å²) in [6, 6.07) is 7.36. The SMILES string of the molecule is CCN1C[C@@H](NC(=O)c2cc3cc(Cl)ccc3[nH]2)[C@H](OC)C1. The first-order chi connectivity index (χ1) is 10.6. The zero-order valence-electron chi connectivity index (χ0n) is 12.7. The van der Waals surface area contributed by atoms with E-state index in [1.165, 1.54) is 0 Å². The van der Waals surface area contributed by atoms with E-state index in [0.29, 0.717) is 10.7 Å². The lowest BCUT2D eigenvalue weighted by Gasteiger charge is -2.18. The van der Waals surface area contributed by atoms with Crippen molar-refractivity contribution in [2.24, 2.45) is 0 Å². The largest absolute Gasteiger partial charge is 0.378 e. The lowest BCUT2D eigenvalue weighted by molar-refractivity contribution is 0.0759. The lowest BCUT2D eigenvalue weighted by atomic mass is 10.2. The average Bonchev–Trinajstić information content (AvgIpc) is 3.10. The normalized spacial score (nSPS) is 22.3. The molecule has 5 nitrogen and oxygen atoms in total. The summed E-state index contributed by atoms with van der Waals surface area (Å²) < 4.78 is 5.48. The maximum absolute atomic E-state index is 12.5. The number of rotatable bonds is 4. The Kier molecular flexibility index (Phi) is 4.38. The third-order valence-corrected chi connectivity index (χ3v) is 4.47. The predicted molar refractivity (Wildman–Crippen MR) is 87.5 cm³/mol. The van der Waals surface area contributed by atoms with Crippen LogP contribution in [0.4, 0.5) is 0 Å². The highest BCUT2D eigenvalue weighted by Crippen LogP contribution is 2.20. The van der Waals surface area contributed by atoms with Crippen LogP contribution in [-0.2, 0) is 4.74 Å². The Balaban J connectivity index is 1.75. The zero-order chi connectivity index (χ0) is 15.7. The number of carbonyl (C=O) groups excluding carboxylic acids is 1. The molecule has 0 radical (unpaired) electrons. The number of hydrogen-bond donors (Lipinski definition) is 2. The van der Waals surface area contributed by atoms with Gasteiger partial charge in [-0.2, -0.15) is 0 Å². The van der Waals surface area contributed by atoms with E-state index in [-0.39, 0.29) is 18.1 Å². The quantitative estimate of drug-likeness (QED) is 0.908. The molecule has 1 aromatic heterocycles. The number of benzene rings is 1. The van der Waals surface area contributed by atoms with Crippen LogP contribution in [0.1, 0.15) is 17.4 Å². The second kappa shape index (κ2) is 6.28. The molecule has 2 aromatic rings. The minimum absolute atomic E-state index is 0.00690. The summed E-state index contributed by atoms with van der Waals surface area (Å²) in [6.45, 7) is 4.72. The smallest absolute Gasteiger partial charge is 0.268 e. The van der Waals surface area contributed by atoms with Crippen molar-refractivity contribution < 1.29 is 9.53 Å². The average molecular weight is 322 g/mol. The number of likely N-dealkylation sites (tertiary alicyclic amines) is 1. The van der Waals surface area contributed by atoms with Gasteiger partial charge in [0.05, 0.1) is 12.1 Å². The number of amides is 1. The molecule has 2 heterocycles. The monoisotopic (exact) mass is 321 g/mol. The summed E-state index contributed by atoms with van der Waals surface area (Å²) in [7, 11) is 1.69. The Morgan fingerprint density at radius 3 is 3.00 bits per heavy atom. The maximum Gasteiger partial charge on any atom is 0.268 e. The van der Waals surface area contributed by atoms with Crippen molar-refractivity contribution in [3.05, 3.63) is 35.0 Å². The molecule has 3 rings (SSSR count). The third-order valence-electron chi connectivity index (χ3n) is 4.24. The van der Waals surface area contributed by atoms with E-state index in [9.17, 15) is 4.79 Å². The van der Waals surface area contributed by atoms with E-state index in [0.717, 1.165) is 30.5 Å². The Morgan fingerprint density at radius 2 is 2.27 bits per heavy atom. The number of methoxy groups -OCH3 is 1. The molecule has 2 atom stereocenters. The number of H-pyrrole nitrogens is 1. The summed E-state index contributed by atoms with van der Waals surface area (Å²) in [5.41, 5.74) is 1.45. The van der Waals surface area contributed by atoms with Gasteiger partial charge in [0.2, 0.25) is 0 Å². The Hall–Kier alpha value is -1.56. The number of aromatic nitrogens is 1. The van der Waals surface area contributed by atoms with Gasteiger partial charge in [-0.25, -0.2) is 0 Å². The number of ether oxygens (including phenoxy) is 1. The number of halogens is 1. The summed E-state index contributed by atoms with van der Waals surface area (Å²) in [5.74, 6) is -0.114. The maximum atomic E-state index is 12.5. The minimum Gasteiger partial charge on any atom is -0.378 e. The van der Waals surface area contributed by atoms with Gasteiger partial charge in [0.15, 0.2) is 0 Å². The first-order valence-electron chi connectivity index (χ1n) is 7.45. The van der Waals surface area contributed by atoms with Crippen molar-refractivity contribution in [3.8, 4) is 0 Å². The van der Waals surface area contributed by atoms with Gasteiger partial charge in [-0.3, -0.25) is 9.69 Å². The van der Waals surface area contributed by atoms with Crippen LogP contribution >= 0.6 is 11.6 Å². The van der Waals surface area contributed by atoms with Crippen LogP contribution in [0.15, 0.2) is 24.3 Å². The molecule has 6 heteroatoms. The molecule has 22 heavy (non-hydrogen) atoms. The molecule has 0 aliphatic carbocycles. The molecule has 1 aliphatic rings. The second-order valence-electron chi connectivity index (χ2n) is 5.62. The summed E-state index contributed by atoms with van der Waals surface area (Å²) in [5, 5.41) is 4.66. The van der Waals surface area contributed by atoms with E-state index in [4.69, 9.17) is 16.3 Å². The van der Waals surface area contributed by atoms with Gasteiger partial charge in [0.1, 0.15) is 5.69 Å². The Labute approximate surface area is 134 Å². The molecule has 1 aliphatic heterocycles. The van der Waals surface area contributed by atoms with Crippen molar-refractivity contribution in [1.82, 2.24) is 15.2 Å².